The zero-order valence-electron chi connectivity index (χ0n) is 18.0. The molecule has 0 atom stereocenters. The number of anilines is 1. The largest absolute Gasteiger partial charge is 0.395 e. The molecule has 164 valence electrons. The molecule has 0 saturated heterocycles. The molecule has 1 N–H and O–H groups in total. The Bertz CT molecular complexity index is 1280. The van der Waals surface area contributed by atoms with E-state index < -0.39 is 11.8 Å². The minimum Gasteiger partial charge on any atom is -0.395 e. The Morgan fingerprint density at radius 3 is 2.59 bits per heavy atom. The minimum absolute atomic E-state index is 0.136. The fourth-order valence-corrected chi connectivity index (χ4v) is 3.38. The molecule has 32 heavy (non-hydrogen) atoms. The van der Waals surface area contributed by atoms with Crippen LogP contribution < -0.4 is 4.90 Å². The topological polar surface area (TPSA) is 109 Å². The predicted octanol–water partition coefficient (Wildman–Crippen LogP) is 1.47. The summed E-state index contributed by atoms with van der Waals surface area (Å²) < 4.78 is 3.15. The number of aliphatic hydroxyl groups excluding tert-OH is 1. The van der Waals surface area contributed by atoms with Crippen LogP contribution in [0.2, 0.25) is 0 Å². The van der Waals surface area contributed by atoms with Gasteiger partial charge in [-0.15, -0.1) is 0 Å². The molecule has 0 unspecified atom stereocenters. The second-order valence-electron chi connectivity index (χ2n) is 7.35. The number of fused-ring (bicyclic) bond motifs is 1. The lowest BCUT2D eigenvalue weighted by Gasteiger charge is -2.19. The number of hydrogen-bond donors (Lipinski definition) is 1. The van der Waals surface area contributed by atoms with E-state index >= 15 is 0 Å². The van der Waals surface area contributed by atoms with Crippen LogP contribution >= 0.6 is 0 Å². The predicted molar refractivity (Wildman–Crippen MR) is 118 cm³/mol. The van der Waals surface area contributed by atoms with Crippen LogP contribution in [0.4, 0.5) is 5.82 Å². The van der Waals surface area contributed by atoms with Crippen LogP contribution in [0, 0.1) is 0 Å². The number of imidazole rings is 1. The molecule has 10 heteroatoms. The second-order valence-corrected chi connectivity index (χ2v) is 7.35. The van der Waals surface area contributed by atoms with Gasteiger partial charge in [-0.2, -0.15) is 5.10 Å². The molecule has 10 nitrogen and oxygen atoms in total. The van der Waals surface area contributed by atoms with Crippen molar-refractivity contribution in [3.05, 3.63) is 66.4 Å². The summed E-state index contributed by atoms with van der Waals surface area (Å²) in [6.45, 7) is -0.0239. The number of carbonyl (C=O) groups excluding carboxylic acids is 2. The Morgan fingerprint density at radius 2 is 1.88 bits per heavy atom. The van der Waals surface area contributed by atoms with Gasteiger partial charge in [0.2, 0.25) is 0 Å². The van der Waals surface area contributed by atoms with Crippen LogP contribution in [0.3, 0.4) is 0 Å². The summed E-state index contributed by atoms with van der Waals surface area (Å²) in [5.41, 5.74) is 2.71. The number of carbonyl (C=O) groups is 2. The van der Waals surface area contributed by atoms with Gasteiger partial charge in [0.15, 0.2) is 0 Å². The van der Waals surface area contributed by atoms with Crippen LogP contribution in [-0.2, 0) is 7.05 Å². The monoisotopic (exact) mass is 433 g/mol. The minimum atomic E-state index is -0.433. The Hall–Kier alpha value is -4.05. The number of rotatable bonds is 6. The van der Waals surface area contributed by atoms with Crippen molar-refractivity contribution < 1.29 is 14.7 Å². The lowest BCUT2D eigenvalue weighted by atomic mass is 10.2. The highest BCUT2D eigenvalue weighted by Gasteiger charge is 2.27. The molecule has 0 bridgehead atoms. The Kier molecular flexibility index (Phi) is 5.69. The van der Waals surface area contributed by atoms with Gasteiger partial charge in [0.1, 0.15) is 23.5 Å². The van der Waals surface area contributed by atoms with E-state index in [1.165, 1.54) is 20.7 Å². The third kappa shape index (κ3) is 3.83. The van der Waals surface area contributed by atoms with E-state index in [0.717, 1.165) is 11.3 Å². The highest BCUT2D eigenvalue weighted by molar-refractivity contribution is 6.11. The van der Waals surface area contributed by atoms with E-state index in [1.54, 1.807) is 37.9 Å². The zero-order valence-corrected chi connectivity index (χ0v) is 18.0. The number of hydrogen-bond acceptors (Lipinski definition) is 6. The van der Waals surface area contributed by atoms with Crippen molar-refractivity contribution in [2.24, 2.45) is 7.05 Å². The number of aromatic nitrogens is 5. The quantitative estimate of drug-likeness (QED) is 0.493. The molecule has 3 heterocycles. The third-order valence-electron chi connectivity index (χ3n) is 5.21. The lowest BCUT2D eigenvalue weighted by molar-refractivity contribution is 0.0761. The number of aliphatic hydroxyl groups is 1. The molecule has 4 aromatic rings. The maximum Gasteiger partial charge on any atom is 0.278 e. The van der Waals surface area contributed by atoms with Crippen molar-refractivity contribution in [3.63, 3.8) is 0 Å². The maximum absolute atomic E-state index is 13.3. The highest BCUT2D eigenvalue weighted by Crippen LogP contribution is 2.22. The summed E-state index contributed by atoms with van der Waals surface area (Å²) in [6, 6.07) is 11.5. The van der Waals surface area contributed by atoms with Crippen LogP contribution in [0.15, 0.2) is 55.1 Å². The van der Waals surface area contributed by atoms with E-state index in [0.29, 0.717) is 11.5 Å². The van der Waals surface area contributed by atoms with Crippen molar-refractivity contribution in [1.29, 1.82) is 0 Å². The molecular weight excluding hydrogens is 410 g/mol. The first-order valence-electron chi connectivity index (χ1n) is 9.97. The molecule has 0 fully saturated rings. The van der Waals surface area contributed by atoms with Crippen LogP contribution in [-0.4, -0.2) is 73.2 Å². The van der Waals surface area contributed by atoms with E-state index in [1.807, 2.05) is 36.5 Å². The number of nitrogens with zero attached hydrogens (tertiary/aromatic N) is 7. The number of aryl methyl sites for hydroxylation is 1. The van der Waals surface area contributed by atoms with Crippen molar-refractivity contribution in [2.75, 3.05) is 32.1 Å². The molecule has 0 aliphatic rings. The Balaban J connectivity index is 1.65. The molecule has 4 rings (SSSR count). The first-order chi connectivity index (χ1) is 15.4. The molecule has 0 aliphatic heterocycles. The molecule has 3 aromatic heterocycles. The van der Waals surface area contributed by atoms with Gasteiger partial charge < -0.3 is 10.0 Å². The SMILES string of the molecule is CN(CCO)C(=O)c1cnn(C)c1C(=O)N(C)c1cc2nc(-c3ccccc3)cn2cn1. The average Bonchev–Trinajstić information content (AvgIpc) is 3.41. The van der Waals surface area contributed by atoms with E-state index in [2.05, 4.69) is 15.1 Å². The van der Waals surface area contributed by atoms with Crippen molar-refractivity contribution in [2.45, 2.75) is 0 Å². The summed E-state index contributed by atoms with van der Waals surface area (Å²) in [4.78, 5) is 37.7. The van der Waals surface area contributed by atoms with Gasteiger partial charge in [-0.25, -0.2) is 9.97 Å². The van der Waals surface area contributed by atoms with Gasteiger partial charge in [-0.1, -0.05) is 30.3 Å². The maximum atomic E-state index is 13.3. The molecular formula is C22H23N7O3. The van der Waals surface area contributed by atoms with Crippen molar-refractivity contribution >= 4 is 23.3 Å². The van der Waals surface area contributed by atoms with Crippen LogP contribution in [0.5, 0.6) is 0 Å². The number of amides is 2. The fourth-order valence-electron chi connectivity index (χ4n) is 3.38. The molecule has 2 amide bonds. The van der Waals surface area contributed by atoms with Gasteiger partial charge >= 0.3 is 0 Å². The molecule has 0 aliphatic carbocycles. The number of benzene rings is 1. The average molecular weight is 433 g/mol. The summed E-state index contributed by atoms with van der Waals surface area (Å²) in [7, 11) is 4.74. The van der Waals surface area contributed by atoms with E-state index in [4.69, 9.17) is 5.11 Å². The van der Waals surface area contributed by atoms with E-state index in [9.17, 15) is 9.59 Å². The van der Waals surface area contributed by atoms with Crippen LogP contribution in [0.25, 0.3) is 16.9 Å². The molecule has 1 aromatic carbocycles. The third-order valence-corrected chi connectivity index (χ3v) is 5.21. The van der Waals surface area contributed by atoms with Gasteiger partial charge in [0.05, 0.1) is 24.1 Å². The lowest BCUT2D eigenvalue weighted by Crippen LogP contribution is -2.34. The van der Waals surface area contributed by atoms with E-state index in [-0.39, 0.29) is 24.4 Å². The first kappa shape index (κ1) is 21.2. The Morgan fingerprint density at radius 1 is 1.12 bits per heavy atom. The van der Waals surface area contributed by atoms with Crippen molar-refractivity contribution in [1.82, 2.24) is 29.0 Å². The summed E-state index contributed by atoms with van der Waals surface area (Å²) in [6.07, 6.45) is 4.82. The molecule has 0 spiro atoms. The molecule has 0 radical (unpaired) electrons. The van der Waals surface area contributed by atoms with Gasteiger partial charge in [-0.3, -0.25) is 23.6 Å². The molecule has 0 saturated carbocycles. The summed E-state index contributed by atoms with van der Waals surface area (Å²) >= 11 is 0. The first-order valence-corrected chi connectivity index (χ1v) is 9.97. The number of likely N-dealkylation sites (N-methyl/N-ethyl adjacent to an activating group) is 1. The van der Waals surface area contributed by atoms with Gasteiger partial charge in [0.25, 0.3) is 11.8 Å². The van der Waals surface area contributed by atoms with Gasteiger partial charge in [0, 0.05) is 45.5 Å². The normalized spacial score (nSPS) is 11.0. The standard InChI is InChI=1S/C22H23N7O3/c1-26(9-10-30)21(31)16-12-24-28(3)20(16)22(32)27(2)18-11-19-25-17(13-29(19)14-23-18)15-7-5-4-6-8-15/h4-8,11-14,30H,9-10H2,1-3H3. The highest BCUT2D eigenvalue weighted by atomic mass is 16.3. The zero-order chi connectivity index (χ0) is 22.8. The fraction of sp³-hybridized carbons (Fsp3) is 0.227. The Labute approximate surface area is 184 Å². The van der Waals surface area contributed by atoms with Gasteiger partial charge in [-0.05, 0) is 0 Å². The van der Waals surface area contributed by atoms with Crippen molar-refractivity contribution in [3.8, 4) is 11.3 Å². The summed E-state index contributed by atoms with van der Waals surface area (Å²) in [5.74, 6) is -0.443. The summed E-state index contributed by atoms with van der Waals surface area (Å²) in [5, 5.41) is 13.2. The van der Waals surface area contributed by atoms with Crippen LogP contribution in [0.1, 0.15) is 20.8 Å². The second kappa shape index (κ2) is 8.60. The smallest absolute Gasteiger partial charge is 0.278 e.